The van der Waals surface area contributed by atoms with E-state index in [1.165, 1.54) is 6.07 Å². The van der Waals surface area contributed by atoms with Crippen LogP contribution in [0.5, 0.6) is 0 Å². The molecule has 0 aliphatic carbocycles. The highest BCUT2D eigenvalue weighted by atomic mass is 32.2. The summed E-state index contributed by atoms with van der Waals surface area (Å²) < 4.78 is 13.6. The third-order valence-electron chi connectivity index (χ3n) is 2.30. The lowest BCUT2D eigenvalue weighted by molar-refractivity contribution is 0.613. The van der Waals surface area contributed by atoms with Crippen molar-refractivity contribution in [3.63, 3.8) is 0 Å². The predicted octanol–water partition coefficient (Wildman–Crippen LogP) is 2.67. The molecule has 0 fully saturated rings. The number of hydrogen-bond acceptors (Lipinski definition) is 3. The maximum atomic E-state index is 13.6. The van der Waals surface area contributed by atoms with Gasteiger partial charge in [-0.05, 0) is 24.6 Å². The van der Waals surface area contributed by atoms with Crippen molar-refractivity contribution in [2.45, 2.75) is 24.3 Å². The Morgan fingerprint density at radius 2 is 2.31 bits per heavy atom. The van der Waals surface area contributed by atoms with Crippen molar-refractivity contribution >= 4 is 11.8 Å². The highest BCUT2D eigenvalue weighted by molar-refractivity contribution is 7.99. The van der Waals surface area contributed by atoms with Crippen LogP contribution in [0.1, 0.15) is 24.5 Å². The van der Waals surface area contributed by atoms with Crippen LogP contribution in [0.3, 0.4) is 0 Å². The van der Waals surface area contributed by atoms with Crippen molar-refractivity contribution in [3.05, 3.63) is 35.1 Å². The molecule has 0 heterocycles. The maximum absolute atomic E-state index is 13.6. The topological polar surface area (TPSA) is 49.8 Å². The average molecular weight is 238 g/mol. The fraction of sp³-hybridized carbons (Fsp3) is 0.417. The molecule has 0 aromatic heterocycles. The van der Waals surface area contributed by atoms with Gasteiger partial charge in [0, 0.05) is 11.0 Å². The van der Waals surface area contributed by atoms with Crippen LogP contribution < -0.4 is 5.73 Å². The number of hydrogen-bond donors (Lipinski definition) is 1. The molecule has 0 aliphatic rings. The van der Waals surface area contributed by atoms with Crippen LogP contribution in [0, 0.1) is 17.1 Å². The van der Waals surface area contributed by atoms with E-state index in [0.29, 0.717) is 23.1 Å². The summed E-state index contributed by atoms with van der Waals surface area (Å²) in [5, 5.41) is 9.10. The van der Waals surface area contributed by atoms with E-state index >= 15 is 0 Å². The minimum atomic E-state index is -0.391. The molecule has 0 spiro atoms. The Labute approximate surface area is 99.6 Å². The van der Waals surface area contributed by atoms with Crippen molar-refractivity contribution < 1.29 is 4.39 Å². The molecule has 1 unspecified atom stereocenters. The molecule has 1 atom stereocenters. The minimum Gasteiger partial charge on any atom is -0.330 e. The van der Waals surface area contributed by atoms with Crippen molar-refractivity contribution in [1.82, 2.24) is 0 Å². The molecule has 0 aliphatic heterocycles. The Bertz CT molecular complexity index is 387. The van der Waals surface area contributed by atoms with E-state index in [1.54, 1.807) is 23.9 Å². The van der Waals surface area contributed by atoms with Crippen LogP contribution in [-0.2, 0) is 5.75 Å². The zero-order valence-electron chi connectivity index (χ0n) is 9.24. The van der Waals surface area contributed by atoms with E-state index in [-0.39, 0.29) is 5.56 Å². The van der Waals surface area contributed by atoms with Gasteiger partial charge in [-0.3, -0.25) is 0 Å². The highest BCUT2D eigenvalue weighted by Crippen LogP contribution is 2.22. The second-order valence-electron chi connectivity index (χ2n) is 3.59. The number of halogens is 1. The standard InChI is InChI=1S/C12H15FN2S/c1-9(5-6-14)16-8-11-4-2-3-10(7-15)12(11)13/h2-4,9H,5-6,8,14H2,1H3. The van der Waals surface area contributed by atoms with Gasteiger partial charge in [0.25, 0.3) is 0 Å². The molecule has 2 nitrogen and oxygen atoms in total. The van der Waals surface area contributed by atoms with Crippen LogP contribution in [0.2, 0.25) is 0 Å². The van der Waals surface area contributed by atoms with Crippen LogP contribution in [0.4, 0.5) is 4.39 Å². The Balaban J connectivity index is 2.64. The molecule has 0 radical (unpaired) electrons. The average Bonchev–Trinajstić information content (AvgIpc) is 2.28. The first-order valence-electron chi connectivity index (χ1n) is 5.18. The molecule has 0 amide bonds. The summed E-state index contributed by atoms with van der Waals surface area (Å²) in [6.45, 7) is 2.72. The largest absolute Gasteiger partial charge is 0.330 e. The molecular weight excluding hydrogens is 223 g/mol. The smallest absolute Gasteiger partial charge is 0.144 e. The van der Waals surface area contributed by atoms with Gasteiger partial charge in [0.05, 0.1) is 5.56 Å². The van der Waals surface area contributed by atoms with Gasteiger partial charge in [-0.25, -0.2) is 4.39 Å². The summed E-state index contributed by atoms with van der Waals surface area (Å²) in [6.07, 6.45) is 0.921. The molecule has 1 aromatic rings. The van der Waals surface area contributed by atoms with Gasteiger partial charge in [0.15, 0.2) is 0 Å². The quantitative estimate of drug-likeness (QED) is 0.858. The van der Waals surface area contributed by atoms with Crippen LogP contribution >= 0.6 is 11.8 Å². The normalized spacial score (nSPS) is 12.1. The lowest BCUT2D eigenvalue weighted by atomic mass is 10.1. The number of nitrogens with two attached hydrogens (primary N) is 1. The van der Waals surface area contributed by atoms with Gasteiger partial charge < -0.3 is 5.73 Å². The van der Waals surface area contributed by atoms with Crippen LogP contribution in [0.25, 0.3) is 0 Å². The van der Waals surface area contributed by atoms with Gasteiger partial charge in [0.2, 0.25) is 0 Å². The van der Waals surface area contributed by atoms with Crippen molar-refractivity contribution in [3.8, 4) is 6.07 Å². The lowest BCUT2D eigenvalue weighted by Crippen LogP contribution is -2.07. The number of thioether (sulfide) groups is 1. The molecule has 4 heteroatoms. The predicted molar refractivity (Wildman–Crippen MR) is 65.5 cm³/mol. The van der Waals surface area contributed by atoms with Crippen LogP contribution in [0.15, 0.2) is 18.2 Å². The van der Waals surface area contributed by atoms with E-state index < -0.39 is 5.82 Å². The third-order valence-corrected chi connectivity index (χ3v) is 3.58. The third kappa shape index (κ3) is 3.51. The molecule has 0 saturated carbocycles. The van der Waals surface area contributed by atoms with Gasteiger partial charge in [-0.15, -0.1) is 0 Å². The summed E-state index contributed by atoms with van der Waals surface area (Å²) >= 11 is 1.66. The summed E-state index contributed by atoms with van der Waals surface area (Å²) in [5.41, 5.74) is 6.15. The number of benzene rings is 1. The van der Waals surface area contributed by atoms with E-state index in [0.717, 1.165) is 6.42 Å². The summed E-state index contributed by atoms with van der Waals surface area (Å²) in [6, 6.07) is 6.77. The minimum absolute atomic E-state index is 0.115. The zero-order valence-corrected chi connectivity index (χ0v) is 10.1. The van der Waals surface area contributed by atoms with Crippen LogP contribution in [-0.4, -0.2) is 11.8 Å². The highest BCUT2D eigenvalue weighted by Gasteiger charge is 2.09. The molecular formula is C12H15FN2S. The summed E-state index contributed by atoms with van der Waals surface area (Å²) in [5.74, 6) is 0.195. The maximum Gasteiger partial charge on any atom is 0.144 e. The van der Waals surface area contributed by atoms with Crippen molar-refractivity contribution in [2.24, 2.45) is 5.73 Å². The summed E-state index contributed by atoms with van der Waals surface area (Å²) in [7, 11) is 0. The first-order valence-corrected chi connectivity index (χ1v) is 6.23. The number of rotatable bonds is 5. The molecule has 16 heavy (non-hydrogen) atoms. The first kappa shape index (κ1) is 13.0. The van der Waals surface area contributed by atoms with Gasteiger partial charge in [0.1, 0.15) is 11.9 Å². The Morgan fingerprint density at radius 1 is 1.56 bits per heavy atom. The van der Waals surface area contributed by atoms with E-state index in [9.17, 15) is 4.39 Å². The molecule has 0 saturated heterocycles. The molecule has 1 rings (SSSR count). The van der Waals surface area contributed by atoms with E-state index in [1.807, 2.05) is 6.07 Å². The lowest BCUT2D eigenvalue weighted by Gasteiger charge is -2.10. The molecule has 2 N–H and O–H groups in total. The fourth-order valence-corrected chi connectivity index (χ4v) is 2.32. The monoisotopic (exact) mass is 238 g/mol. The van der Waals surface area contributed by atoms with Crippen molar-refractivity contribution in [1.29, 1.82) is 5.26 Å². The number of nitriles is 1. The number of nitrogens with zero attached hydrogens (tertiary/aromatic N) is 1. The summed E-state index contributed by atoms with van der Waals surface area (Å²) in [4.78, 5) is 0. The molecule has 0 bridgehead atoms. The van der Waals surface area contributed by atoms with Crippen molar-refractivity contribution in [2.75, 3.05) is 6.54 Å². The van der Waals surface area contributed by atoms with E-state index in [4.69, 9.17) is 11.0 Å². The molecule has 86 valence electrons. The SMILES string of the molecule is CC(CCN)SCc1cccc(C#N)c1F. The second-order valence-corrected chi connectivity index (χ2v) is 5.02. The first-order chi connectivity index (χ1) is 7.69. The molecule has 1 aromatic carbocycles. The Hall–Kier alpha value is -1.05. The van der Waals surface area contributed by atoms with Gasteiger partial charge in [-0.1, -0.05) is 19.1 Å². The van der Waals surface area contributed by atoms with Gasteiger partial charge >= 0.3 is 0 Å². The van der Waals surface area contributed by atoms with E-state index in [2.05, 4.69) is 6.92 Å². The second kappa shape index (κ2) is 6.51. The Kier molecular flexibility index (Phi) is 5.30. The zero-order chi connectivity index (χ0) is 12.0. The fourth-order valence-electron chi connectivity index (χ4n) is 1.33. The van der Waals surface area contributed by atoms with Gasteiger partial charge in [-0.2, -0.15) is 17.0 Å². The Morgan fingerprint density at radius 3 is 2.94 bits per heavy atom.